The number of likely N-dealkylation sites (tertiary alicyclic amines) is 1. The van der Waals surface area contributed by atoms with E-state index in [4.69, 9.17) is 11.6 Å². The highest BCUT2D eigenvalue weighted by molar-refractivity contribution is 7.99. The molecule has 2 fully saturated rings. The standard InChI is InChI=1S/C23H38ClN7O2S/c1-17-15-30(12-13-31(17)22(33)28-23(2,3)4)19-14-18(24)26-21(27-19)34-16-20(32)25-8-11-29-9-6-5-7-10-29/h14,17H,5-13,15-16H2,1-4H3,(H,25,32)(H,28,33). The Kier molecular flexibility index (Phi) is 9.67. The SMILES string of the molecule is CC1CN(c2cc(Cl)nc(SCC(=O)NCCN3CCCCC3)n2)CCN1C(=O)NC(C)(C)C. The van der Waals surface area contributed by atoms with Crippen LogP contribution < -0.4 is 15.5 Å². The molecular weight excluding hydrogens is 474 g/mol. The van der Waals surface area contributed by atoms with Crippen molar-refractivity contribution in [2.75, 3.05) is 56.5 Å². The first-order valence-corrected chi connectivity index (χ1v) is 13.5. The third kappa shape index (κ3) is 8.46. The van der Waals surface area contributed by atoms with Gasteiger partial charge < -0.3 is 25.3 Å². The van der Waals surface area contributed by atoms with E-state index in [-0.39, 0.29) is 29.3 Å². The molecule has 0 aliphatic carbocycles. The monoisotopic (exact) mass is 511 g/mol. The van der Waals surface area contributed by atoms with Gasteiger partial charge in [0.1, 0.15) is 11.0 Å². The lowest BCUT2D eigenvalue weighted by molar-refractivity contribution is -0.118. The Bertz CT molecular complexity index is 845. The molecule has 2 aliphatic heterocycles. The fourth-order valence-corrected chi connectivity index (χ4v) is 5.10. The molecule has 3 rings (SSSR count). The summed E-state index contributed by atoms with van der Waals surface area (Å²) in [6.45, 7) is 13.6. The van der Waals surface area contributed by atoms with E-state index in [1.807, 2.05) is 32.6 Å². The number of piperazine rings is 1. The molecule has 0 saturated carbocycles. The lowest BCUT2D eigenvalue weighted by Gasteiger charge is -2.41. The maximum absolute atomic E-state index is 12.6. The Morgan fingerprint density at radius 1 is 1.15 bits per heavy atom. The van der Waals surface area contributed by atoms with Gasteiger partial charge in [-0.15, -0.1) is 0 Å². The molecule has 2 aliphatic rings. The molecule has 0 spiro atoms. The van der Waals surface area contributed by atoms with Crippen LogP contribution in [-0.2, 0) is 4.79 Å². The molecule has 190 valence electrons. The number of halogens is 1. The molecule has 0 radical (unpaired) electrons. The number of hydrogen-bond acceptors (Lipinski definition) is 7. The zero-order valence-corrected chi connectivity index (χ0v) is 22.3. The summed E-state index contributed by atoms with van der Waals surface area (Å²) < 4.78 is 0. The molecule has 1 atom stereocenters. The number of thioether (sulfide) groups is 1. The first-order valence-electron chi connectivity index (χ1n) is 12.1. The summed E-state index contributed by atoms with van der Waals surface area (Å²) in [5.74, 6) is 0.937. The Balaban J connectivity index is 1.48. The van der Waals surface area contributed by atoms with Crippen molar-refractivity contribution in [3.05, 3.63) is 11.2 Å². The summed E-state index contributed by atoms with van der Waals surface area (Å²) >= 11 is 7.56. The normalized spacial score (nSPS) is 19.7. The number of rotatable bonds is 7. The van der Waals surface area contributed by atoms with Crippen LogP contribution >= 0.6 is 23.4 Å². The van der Waals surface area contributed by atoms with E-state index >= 15 is 0 Å². The number of hydrogen-bond donors (Lipinski definition) is 2. The summed E-state index contributed by atoms with van der Waals surface area (Å²) in [5, 5.41) is 6.84. The van der Waals surface area contributed by atoms with Gasteiger partial charge in [0.05, 0.1) is 5.75 Å². The smallest absolute Gasteiger partial charge is 0.318 e. The van der Waals surface area contributed by atoms with Gasteiger partial charge in [0.2, 0.25) is 5.91 Å². The molecule has 1 unspecified atom stereocenters. The summed E-state index contributed by atoms with van der Waals surface area (Å²) in [5.41, 5.74) is -0.278. The molecule has 1 aromatic rings. The van der Waals surface area contributed by atoms with Crippen molar-refractivity contribution in [2.24, 2.45) is 0 Å². The number of carbonyl (C=O) groups is 2. The van der Waals surface area contributed by atoms with Crippen molar-refractivity contribution in [1.82, 2.24) is 30.4 Å². The average molecular weight is 512 g/mol. The van der Waals surface area contributed by atoms with Crippen LogP contribution in [0.3, 0.4) is 0 Å². The number of nitrogens with zero attached hydrogens (tertiary/aromatic N) is 5. The molecule has 0 aromatic carbocycles. The van der Waals surface area contributed by atoms with Crippen molar-refractivity contribution in [1.29, 1.82) is 0 Å². The van der Waals surface area contributed by atoms with Gasteiger partial charge in [-0.1, -0.05) is 29.8 Å². The van der Waals surface area contributed by atoms with Gasteiger partial charge in [0.15, 0.2) is 5.16 Å². The lowest BCUT2D eigenvalue weighted by Crippen LogP contribution is -2.59. The first-order chi connectivity index (χ1) is 16.1. The second-order valence-electron chi connectivity index (χ2n) is 10.0. The molecule has 34 heavy (non-hydrogen) atoms. The minimum absolute atomic E-state index is 0.0200. The third-order valence-electron chi connectivity index (χ3n) is 5.89. The van der Waals surface area contributed by atoms with E-state index in [2.05, 4.69) is 30.4 Å². The van der Waals surface area contributed by atoms with Crippen molar-refractivity contribution in [3.63, 3.8) is 0 Å². The molecule has 3 amide bonds. The highest BCUT2D eigenvalue weighted by atomic mass is 35.5. The van der Waals surface area contributed by atoms with Gasteiger partial charge in [0, 0.05) is 50.4 Å². The Morgan fingerprint density at radius 2 is 1.88 bits per heavy atom. The molecule has 0 bridgehead atoms. The molecule has 2 N–H and O–H groups in total. The number of aromatic nitrogens is 2. The Hall–Kier alpha value is -1.78. The van der Waals surface area contributed by atoms with Crippen LogP contribution in [-0.4, -0.2) is 94.9 Å². The minimum atomic E-state index is -0.278. The molecule has 11 heteroatoms. The average Bonchev–Trinajstić information content (AvgIpc) is 2.77. The van der Waals surface area contributed by atoms with Crippen LogP contribution in [0.1, 0.15) is 47.0 Å². The summed E-state index contributed by atoms with van der Waals surface area (Å²) in [6, 6.07) is 1.71. The number of carbonyl (C=O) groups excluding carboxylic acids is 2. The molecule has 2 saturated heterocycles. The summed E-state index contributed by atoms with van der Waals surface area (Å²) in [7, 11) is 0. The van der Waals surface area contributed by atoms with Crippen molar-refractivity contribution in [2.45, 2.75) is 63.7 Å². The van der Waals surface area contributed by atoms with Gasteiger partial charge in [-0.3, -0.25) is 4.79 Å². The fourth-order valence-electron chi connectivity index (χ4n) is 4.19. The summed E-state index contributed by atoms with van der Waals surface area (Å²) in [6.07, 6.45) is 3.80. The molecule has 3 heterocycles. The predicted octanol–water partition coefficient (Wildman–Crippen LogP) is 2.84. The van der Waals surface area contributed by atoms with Crippen LogP contribution in [0.5, 0.6) is 0 Å². The Morgan fingerprint density at radius 3 is 2.56 bits per heavy atom. The summed E-state index contributed by atoms with van der Waals surface area (Å²) in [4.78, 5) is 40.2. The van der Waals surface area contributed by atoms with Gasteiger partial charge in [0.25, 0.3) is 0 Å². The Labute approximate surface area is 212 Å². The third-order valence-corrected chi connectivity index (χ3v) is 6.93. The number of urea groups is 1. The molecule has 9 nitrogen and oxygen atoms in total. The first kappa shape index (κ1) is 26.8. The van der Waals surface area contributed by atoms with Gasteiger partial charge in [-0.2, -0.15) is 0 Å². The van der Waals surface area contributed by atoms with Gasteiger partial charge >= 0.3 is 6.03 Å². The molecule has 1 aromatic heterocycles. The van der Waals surface area contributed by atoms with Crippen molar-refractivity contribution in [3.8, 4) is 0 Å². The van der Waals surface area contributed by atoms with Crippen molar-refractivity contribution >= 4 is 41.1 Å². The number of amides is 3. The van der Waals surface area contributed by atoms with E-state index in [1.165, 1.54) is 31.0 Å². The van der Waals surface area contributed by atoms with E-state index in [1.54, 1.807) is 6.07 Å². The maximum atomic E-state index is 12.6. The van der Waals surface area contributed by atoms with Gasteiger partial charge in [-0.05, 0) is 53.6 Å². The van der Waals surface area contributed by atoms with Crippen molar-refractivity contribution < 1.29 is 9.59 Å². The highest BCUT2D eigenvalue weighted by Gasteiger charge is 2.30. The largest absolute Gasteiger partial charge is 0.354 e. The van der Waals surface area contributed by atoms with E-state index in [0.717, 1.165) is 25.5 Å². The van der Waals surface area contributed by atoms with E-state index < -0.39 is 0 Å². The minimum Gasteiger partial charge on any atom is -0.354 e. The fraction of sp³-hybridized carbons (Fsp3) is 0.739. The zero-order valence-electron chi connectivity index (χ0n) is 20.8. The quantitative estimate of drug-likeness (QED) is 0.330. The van der Waals surface area contributed by atoms with Crippen LogP contribution in [0.15, 0.2) is 11.2 Å². The van der Waals surface area contributed by atoms with E-state index in [0.29, 0.717) is 36.5 Å². The van der Waals surface area contributed by atoms with Gasteiger partial charge in [-0.25, -0.2) is 14.8 Å². The van der Waals surface area contributed by atoms with Crippen LogP contribution in [0.2, 0.25) is 5.15 Å². The number of piperidine rings is 1. The number of anilines is 1. The van der Waals surface area contributed by atoms with Crippen LogP contribution in [0.4, 0.5) is 10.6 Å². The predicted molar refractivity (Wildman–Crippen MR) is 138 cm³/mol. The number of nitrogens with one attached hydrogen (secondary N) is 2. The zero-order chi connectivity index (χ0) is 24.7. The second-order valence-corrected chi connectivity index (χ2v) is 11.4. The van der Waals surface area contributed by atoms with E-state index in [9.17, 15) is 9.59 Å². The highest BCUT2D eigenvalue weighted by Crippen LogP contribution is 2.24. The second kappa shape index (κ2) is 12.3. The molecular formula is C23H38ClN7O2S. The van der Waals surface area contributed by atoms with Crippen LogP contribution in [0, 0.1) is 0 Å². The topological polar surface area (TPSA) is 93.7 Å². The maximum Gasteiger partial charge on any atom is 0.318 e. The lowest BCUT2D eigenvalue weighted by atomic mass is 10.1. The van der Waals surface area contributed by atoms with Crippen LogP contribution in [0.25, 0.3) is 0 Å².